The van der Waals surface area contributed by atoms with Gasteiger partial charge in [0, 0.05) is 60.0 Å². The van der Waals surface area contributed by atoms with Gasteiger partial charge in [-0.1, -0.05) is 19.1 Å². The van der Waals surface area contributed by atoms with Crippen molar-refractivity contribution in [2.45, 2.75) is 37.1 Å². The summed E-state index contributed by atoms with van der Waals surface area (Å²) in [6, 6.07) is 19.5. The average Bonchev–Trinajstić information content (AvgIpc) is 2.92. The van der Waals surface area contributed by atoms with Gasteiger partial charge in [0.2, 0.25) is 0 Å². The van der Waals surface area contributed by atoms with Crippen molar-refractivity contribution in [3.63, 3.8) is 0 Å². The molecule has 2 bridgehead atoms. The summed E-state index contributed by atoms with van der Waals surface area (Å²) in [5.41, 5.74) is 4.47. The van der Waals surface area contributed by atoms with Crippen molar-refractivity contribution >= 4 is 52.1 Å². The Hall–Kier alpha value is -3.30. The highest BCUT2D eigenvalue weighted by Crippen LogP contribution is 2.39. The second kappa shape index (κ2) is 11.6. The Balaban J connectivity index is 1.43. The molecule has 2 unspecified atom stereocenters. The lowest BCUT2D eigenvalue weighted by Crippen LogP contribution is -2.47. The number of carbonyl (C=O) groups excluding carboxylic acids is 1. The van der Waals surface area contributed by atoms with Crippen LogP contribution in [0.2, 0.25) is 0 Å². The van der Waals surface area contributed by atoms with E-state index in [0.717, 1.165) is 60.1 Å². The van der Waals surface area contributed by atoms with E-state index in [0.29, 0.717) is 23.1 Å². The minimum absolute atomic E-state index is 0.0809. The first kappa shape index (κ1) is 26.3. The normalized spacial score (nSPS) is 17.9. The van der Waals surface area contributed by atoms with E-state index in [1.165, 1.54) is 0 Å². The highest BCUT2D eigenvalue weighted by molar-refractivity contribution is 7.98. The number of pyridine rings is 1. The Morgan fingerprint density at radius 1 is 1.05 bits per heavy atom. The van der Waals surface area contributed by atoms with Crippen LogP contribution in [0, 0.1) is 5.92 Å². The molecule has 2 aliphatic heterocycles. The molecule has 1 saturated heterocycles. The molecule has 3 aromatic rings. The standard InChI is InChI=1S/C29H33N5O2S2/c1-3-12-30-28(36)20-10-11-26(24(14-20)32-29(37)31-22-6-4-7-23(15-22)38-2)33-16-19-13-21(18-33)25-8-5-9-27(35)34(25)17-19/h4-11,14-15,19,21H,3,12-13,16-18H2,1-2H3,(H,30,36)(H2,31,32,37). The van der Waals surface area contributed by atoms with Crippen molar-refractivity contribution < 1.29 is 4.79 Å². The lowest BCUT2D eigenvalue weighted by molar-refractivity contribution is 0.0953. The fourth-order valence-corrected chi connectivity index (χ4v) is 6.16. The molecule has 2 aromatic carbocycles. The molecular weight excluding hydrogens is 514 g/mol. The number of hydrogen-bond donors (Lipinski definition) is 3. The number of anilines is 3. The summed E-state index contributed by atoms with van der Waals surface area (Å²) in [5.74, 6) is 0.550. The van der Waals surface area contributed by atoms with Crippen LogP contribution in [-0.2, 0) is 6.54 Å². The lowest BCUT2D eigenvalue weighted by Gasteiger charge is -2.44. The first-order chi connectivity index (χ1) is 18.4. The fraction of sp³-hybridized carbons (Fsp3) is 0.345. The van der Waals surface area contributed by atoms with Gasteiger partial charge in [0.15, 0.2) is 5.11 Å². The van der Waals surface area contributed by atoms with Crippen LogP contribution < -0.4 is 26.4 Å². The van der Waals surface area contributed by atoms with Gasteiger partial charge in [0.1, 0.15) is 0 Å². The molecule has 198 valence electrons. The number of aromatic nitrogens is 1. The van der Waals surface area contributed by atoms with Crippen LogP contribution in [0.25, 0.3) is 0 Å². The molecule has 0 radical (unpaired) electrons. The van der Waals surface area contributed by atoms with Crippen LogP contribution >= 0.6 is 24.0 Å². The molecule has 0 aliphatic carbocycles. The van der Waals surface area contributed by atoms with Gasteiger partial charge in [-0.2, -0.15) is 0 Å². The van der Waals surface area contributed by atoms with Gasteiger partial charge in [0.05, 0.1) is 11.4 Å². The third-order valence-corrected chi connectivity index (χ3v) is 8.12. The molecule has 2 aliphatic rings. The molecule has 1 fully saturated rings. The number of amides is 1. The van der Waals surface area contributed by atoms with Gasteiger partial charge < -0.3 is 25.4 Å². The molecule has 0 spiro atoms. The third-order valence-electron chi connectivity index (χ3n) is 7.19. The Morgan fingerprint density at radius 2 is 1.89 bits per heavy atom. The highest BCUT2D eigenvalue weighted by Gasteiger charge is 2.35. The van der Waals surface area contributed by atoms with Crippen molar-refractivity contribution in [2.24, 2.45) is 5.92 Å². The molecule has 5 rings (SSSR count). The van der Waals surface area contributed by atoms with E-state index >= 15 is 0 Å². The number of benzene rings is 2. The summed E-state index contributed by atoms with van der Waals surface area (Å²) in [4.78, 5) is 28.8. The second-order valence-electron chi connectivity index (χ2n) is 9.90. The van der Waals surface area contributed by atoms with Crippen LogP contribution in [0.15, 0.2) is 70.4 Å². The van der Waals surface area contributed by atoms with Crippen molar-refractivity contribution in [2.75, 3.05) is 41.4 Å². The summed E-state index contributed by atoms with van der Waals surface area (Å²) in [6.45, 7) is 5.03. The number of thioether (sulfide) groups is 1. The molecule has 0 saturated carbocycles. The summed E-state index contributed by atoms with van der Waals surface area (Å²) < 4.78 is 1.94. The third kappa shape index (κ3) is 5.73. The maximum Gasteiger partial charge on any atom is 0.251 e. The zero-order valence-electron chi connectivity index (χ0n) is 21.7. The quantitative estimate of drug-likeness (QED) is 0.279. The van der Waals surface area contributed by atoms with E-state index in [1.807, 2.05) is 54.1 Å². The summed E-state index contributed by atoms with van der Waals surface area (Å²) in [6.07, 6.45) is 3.99. The summed E-state index contributed by atoms with van der Waals surface area (Å²) in [7, 11) is 0. The Morgan fingerprint density at radius 3 is 2.71 bits per heavy atom. The van der Waals surface area contributed by atoms with E-state index in [4.69, 9.17) is 12.2 Å². The van der Waals surface area contributed by atoms with Gasteiger partial charge in [-0.15, -0.1) is 11.8 Å². The molecular formula is C29H33N5O2S2. The molecule has 3 heterocycles. The molecule has 1 aromatic heterocycles. The minimum Gasteiger partial charge on any atom is -0.369 e. The smallest absolute Gasteiger partial charge is 0.251 e. The first-order valence-electron chi connectivity index (χ1n) is 13.0. The van der Waals surface area contributed by atoms with Crippen LogP contribution in [0.1, 0.15) is 41.7 Å². The first-order valence-corrected chi connectivity index (χ1v) is 14.7. The highest BCUT2D eigenvalue weighted by atomic mass is 32.2. The van der Waals surface area contributed by atoms with E-state index in [2.05, 4.69) is 39.0 Å². The van der Waals surface area contributed by atoms with Gasteiger partial charge in [0.25, 0.3) is 11.5 Å². The largest absolute Gasteiger partial charge is 0.369 e. The lowest BCUT2D eigenvalue weighted by atomic mass is 9.83. The maximum atomic E-state index is 12.8. The van der Waals surface area contributed by atoms with Crippen molar-refractivity contribution in [1.29, 1.82) is 0 Å². The molecule has 3 N–H and O–H groups in total. The number of hydrogen-bond acceptors (Lipinski definition) is 5. The number of carbonyl (C=O) groups is 1. The van der Waals surface area contributed by atoms with Crippen LogP contribution in [0.4, 0.5) is 17.1 Å². The predicted octanol–water partition coefficient (Wildman–Crippen LogP) is 5.14. The van der Waals surface area contributed by atoms with E-state index in [9.17, 15) is 9.59 Å². The topological polar surface area (TPSA) is 78.4 Å². The zero-order valence-corrected chi connectivity index (χ0v) is 23.3. The Kier molecular flexibility index (Phi) is 8.04. The Bertz CT molecular complexity index is 1410. The number of nitrogens with zero attached hydrogens (tertiary/aromatic N) is 2. The summed E-state index contributed by atoms with van der Waals surface area (Å²) >= 11 is 7.37. The van der Waals surface area contributed by atoms with Gasteiger partial charge >= 0.3 is 0 Å². The van der Waals surface area contributed by atoms with E-state index in [-0.39, 0.29) is 17.4 Å². The van der Waals surface area contributed by atoms with Crippen molar-refractivity contribution in [1.82, 2.24) is 9.88 Å². The maximum absolute atomic E-state index is 12.8. The van der Waals surface area contributed by atoms with Crippen molar-refractivity contribution in [3.8, 4) is 0 Å². The number of nitrogens with one attached hydrogen (secondary N) is 3. The predicted molar refractivity (Wildman–Crippen MR) is 161 cm³/mol. The number of thiocarbonyl (C=S) groups is 1. The second-order valence-corrected chi connectivity index (χ2v) is 11.2. The Labute approximate surface area is 233 Å². The van der Waals surface area contributed by atoms with Gasteiger partial charge in [-0.05, 0) is 79.7 Å². The number of piperidine rings is 1. The monoisotopic (exact) mass is 547 g/mol. The molecule has 38 heavy (non-hydrogen) atoms. The SMILES string of the molecule is CCCNC(=O)c1ccc(N2CC3CC(C2)c2cccc(=O)n2C3)c(NC(=S)Nc2cccc(SC)c2)c1. The summed E-state index contributed by atoms with van der Waals surface area (Å²) in [5, 5.41) is 10.1. The molecule has 7 nitrogen and oxygen atoms in total. The number of rotatable bonds is 7. The average molecular weight is 548 g/mol. The van der Waals surface area contributed by atoms with E-state index in [1.54, 1.807) is 17.8 Å². The molecule has 1 amide bonds. The van der Waals surface area contributed by atoms with Crippen molar-refractivity contribution in [3.05, 3.63) is 82.3 Å². The van der Waals surface area contributed by atoms with Crippen LogP contribution in [-0.4, -0.2) is 41.5 Å². The van der Waals surface area contributed by atoms with Gasteiger partial charge in [-0.25, -0.2) is 0 Å². The van der Waals surface area contributed by atoms with Gasteiger partial charge in [-0.3, -0.25) is 9.59 Å². The van der Waals surface area contributed by atoms with Crippen LogP contribution in [0.3, 0.4) is 0 Å². The fourth-order valence-electron chi connectivity index (χ4n) is 5.47. The zero-order chi connectivity index (χ0) is 26.6. The number of fused-ring (bicyclic) bond motifs is 4. The molecule has 9 heteroatoms. The van der Waals surface area contributed by atoms with E-state index < -0.39 is 0 Å². The van der Waals surface area contributed by atoms with Crippen LogP contribution in [0.5, 0.6) is 0 Å². The minimum atomic E-state index is -0.100. The molecule has 2 atom stereocenters.